The van der Waals surface area contributed by atoms with Crippen molar-refractivity contribution in [2.45, 2.75) is 5.41 Å². The molecule has 0 amide bonds. The Morgan fingerprint density at radius 2 is 0.740 bits per heavy atom. The van der Waals surface area contributed by atoms with E-state index in [0.717, 1.165) is 34.1 Å². The van der Waals surface area contributed by atoms with E-state index in [9.17, 15) is 0 Å². The van der Waals surface area contributed by atoms with E-state index < -0.39 is 5.41 Å². The third-order valence-electron chi connectivity index (χ3n) is 15.8. The Morgan fingerprint density at radius 3 is 1.37 bits per heavy atom. The first-order chi connectivity index (χ1) is 36.2. The molecule has 2 aromatic heterocycles. The van der Waals surface area contributed by atoms with Crippen molar-refractivity contribution in [3.8, 4) is 22.3 Å². The second kappa shape index (κ2) is 15.6. The molecule has 0 saturated heterocycles. The van der Waals surface area contributed by atoms with E-state index in [1.807, 2.05) is 22.7 Å². The van der Waals surface area contributed by atoms with Crippen LogP contribution in [0.25, 0.3) is 84.1 Å². The fourth-order valence-electron chi connectivity index (χ4n) is 12.8. The zero-order valence-corrected chi connectivity index (χ0v) is 41.1. The summed E-state index contributed by atoms with van der Waals surface area (Å²) in [6, 6.07) is 95.6. The van der Waals surface area contributed by atoms with Gasteiger partial charge in [-0.25, -0.2) is 0 Å². The maximum atomic E-state index is 2.57. The van der Waals surface area contributed by atoms with Crippen molar-refractivity contribution in [3.63, 3.8) is 0 Å². The fourth-order valence-corrected chi connectivity index (χ4v) is 14.9. The lowest BCUT2D eigenvalue weighted by Crippen LogP contribution is -2.26. The highest BCUT2D eigenvalue weighted by Gasteiger charge is 2.52. The molecule has 0 bridgehead atoms. The van der Waals surface area contributed by atoms with Crippen LogP contribution in [0.2, 0.25) is 0 Å². The number of thiophene rings is 2. The molecule has 16 rings (SSSR count). The van der Waals surface area contributed by atoms with Crippen LogP contribution in [-0.2, 0) is 5.41 Å². The van der Waals surface area contributed by atoms with Crippen molar-refractivity contribution >= 4 is 119 Å². The molecular weight excluding hydrogens is 921 g/mol. The molecule has 0 aliphatic heterocycles. The lowest BCUT2D eigenvalue weighted by Gasteiger charge is -2.33. The number of para-hydroxylation sites is 2. The van der Waals surface area contributed by atoms with Gasteiger partial charge in [0, 0.05) is 74.2 Å². The summed E-state index contributed by atoms with van der Waals surface area (Å²) in [5, 5.41) is 10.1. The predicted octanol–water partition coefficient (Wildman–Crippen LogP) is 20.0. The van der Waals surface area contributed by atoms with Crippen molar-refractivity contribution in [1.29, 1.82) is 0 Å². The third kappa shape index (κ3) is 5.85. The van der Waals surface area contributed by atoms with E-state index >= 15 is 0 Å². The standard InChI is InChI=1S/C69H42N2S2/c1-3-17-45(18-4-1)70(48-33-35-66-56(40-48)53-24-11-15-29-64(53)72-66)47-32-31-43-38-58-61(39-44(43)37-47)69(59-27-13-9-21-50(59)51-22-10-14-28-60(51)69)62-42-63(52-23-7-8-26-55(52)68(58)62)71(46-19-5-2-6-20-46)49-34-36-67-57(41-49)54-25-12-16-30-65(54)73-67/h1-42H. The van der Waals surface area contributed by atoms with E-state index in [1.54, 1.807) is 0 Å². The summed E-state index contributed by atoms with van der Waals surface area (Å²) < 4.78 is 5.22. The highest BCUT2D eigenvalue weighted by atomic mass is 32.1. The minimum Gasteiger partial charge on any atom is -0.310 e. The van der Waals surface area contributed by atoms with Gasteiger partial charge in [-0.3, -0.25) is 0 Å². The molecule has 2 nitrogen and oxygen atoms in total. The van der Waals surface area contributed by atoms with Gasteiger partial charge in [-0.15, -0.1) is 22.7 Å². The minimum atomic E-state index is -0.596. The van der Waals surface area contributed by atoms with E-state index in [4.69, 9.17) is 0 Å². The largest absolute Gasteiger partial charge is 0.310 e. The molecule has 73 heavy (non-hydrogen) atoms. The molecule has 1 spiro atoms. The van der Waals surface area contributed by atoms with Gasteiger partial charge >= 0.3 is 0 Å². The number of hydrogen-bond donors (Lipinski definition) is 0. The van der Waals surface area contributed by atoms with Gasteiger partial charge < -0.3 is 9.80 Å². The van der Waals surface area contributed by atoms with Crippen LogP contribution in [0.15, 0.2) is 255 Å². The molecule has 12 aromatic carbocycles. The molecule has 0 atom stereocenters. The molecule has 0 unspecified atom stereocenters. The Balaban J connectivity index is 0.966. The molecule has 0 fully saturated rings. The molecule has 340 valence electrons. The normalized spacial score (nSPS) is 13.0. The maximum Gasteiger partial charge on any atom is 0.0726 e. The molecule has 2 aliphatic rings. The Bertz CT molecular complexity index is 4540. The van der Waals surface area contributed by atoms with Gasteiger partial charge in [-0.2, -0.15) is 0 Å². The van der Waals surface area contributed by atoms with Gasteiger partial charge in [0.25, 0.3) is 0 Å². The van der Waals surface area contributed by atoms with Crippen molar-refractivity contribution in [2.75, 3.05) is 9.80 Å². The summed E-state index contributed by atoms with van der Waals surface area (Å²) in [4.78, 5) is 4.94. The van der Waals surface area contributed by atoms with Gasteiger partial charge in [0.05, 0.1) is 11.1 Å². The molecule has 4 heteroatoms. The second-order valence-electron chi connectivity index (χ2n) is 19.5. The third-order valence-corrected chi connectivity index (χ3v) is 18.1. The predicted molar refractivity (Wildman–Crippen MR) is 313 cm³/mol. The average molecular weight is 963 g/mol. The topological polar surface area (TPSA) is 6.48 Å². The first-order valence-corrected chi connectivity index (χ1v) is 26.7. The minimum absolute atomic E-state index is 0.596. The second-order valence-corrected chi connectivity index (χ2v) is 21.7. The smallest absolute Gasteiger partial charge is 0.0726 e. The fraction of sp³-hybridized carbons (Fsp3) is 0.0145. The Hall–Kier alpha value is -8.80. The Labute approximate surface area is 430 Å². The number of fused-ring (bicyclic) bond motifs is 19. The van der Waals surface area contributed by atoms with Gasteiger partial charge in [0.1, 0.15) is 0 Å². The summed E-state index contributed by atoms with van der Waals surface area (Å²) in [6.45, 7) is 0. The molecule has 0 radical (unpaired) electrons. The highest BCUT2D eigenvalue weighted by molar-refractivity contribution is 7.26. The molecular formula is C69H42N2S2. The van der Waals surface area contributed by atoms with Crippen LogP contribution in [0.4, 0.5) is 34.1 Å². The zero-order chi connectivity index (χ0) is 47.8. The molecule has 2 aliphatic carbocycles. The summed E-state index contributed by atoms with van der Waals surface area (Å²) in [7, 11) is 0. The lowest BCUT2D eigenvalue weighted by atomic mass is 9.70. The van der Waals surface area contributed by atoms with Crippen LogP contribution in [0, 0.1) is 0 Å². The van der Waals surface area contributed by atoms with Gasteiger partial charge in [0.2, 0.25) is 0 Å². The number of hydrogen-bond acceptors (Lipinski definition) is 4. The van der Waals surface area contributed by atoms with Crippen LogP contribution in [0.1, 0.15) is 22.3 Å². The zero-order valence-electron chi connectivity index (χ0n) is 39.5. The maximum absolute atomic E-state index is 2.57. The lowest BCUT2D eigenvalue weighted by molar-refractivity contribution is 0.795. The van der Waals surface area contributed by atoms with Crippen LogP contribution >= 0.6 is 22.7 Å². The van der Waals surface area contributed by atoms with E-state index in [0.29, 0.717) is 0 Å². The van der Waals surface area contributed by atoms with Crippen molar-refractivity contribution in [2.24, 2.45) is 0 Å². The summed E-state index contributed by atoms with van der Waals surface area (Å²) >= 11 is 3.73. The molecule has 14 aromatic rings. The molecule has 0 N–H and O–H groups in total. The van der Waals surface area contributed by atoms with Gasteiger partial charge in [-0.05, 0) is 164 Å². The van der Waals surface area contributed by atoms with E-state index in [1.165, 1.54) is 106 Å². The van der Waals surface area contributed by atoms with Gasteiger partial charge in [0.15, 0.2) is 0 Å². The number of nitrogens with zero attached hydrogens (tertiary/aromatic N) is 2. The van der Waals surface area contributed by atoms with Crippen molar-refractivity contribution in [1.82, 2.24) is 0 Å². The van der Waals surface area contributed by atoms with Crippen LogP contribution in [-0.4, -0.2) is 0 Å². The van der Waals surface area contributed by atoms with Crippen molar-refractivity contribution in [3.05, 3.63) is 277 Å². The molecule has 2 heterocycles. The van der Waals surface area contributed by atoms with Crippen LogP contribution in [0.3, 0.4) is 0 Å². The summed E-state index contributed by atoms with van der Waals surface area (Å²) in [6.07, 6.45) is 0. The number of anilines is 6. The summed E-state index contributed by atoms with van der Waals surface area (Å²) in [5.74, 6) is 0. The van der Waals surface area contributed by atoms with Gasteiger partial charge in [-0.1, -0.05) is 152 Å². The Kier molecular flexibility index (Phi) is 8.74. The van der Waals surface area contributed by atoms with E-state index in [-0.39, 0.29) is 0 Å². The van der Waals surface area contributed by atoms with Crippen LogP contribution in [0.5, 0.6) is 0 Å². The highest BCUT2D eigenvalue weighted by Crippen LogP contribution is 2.65. The Morgan fingerprint density at radius 1 is 0.260 bits per heavy atom. The average Bonchev–Trinajstić information content (AvgIpc) is 4.19. The molecule has 0 saturated carbocycles. The van der Waals surface area contributed by atoms with E-state index in [2.05, 4.69) is 265 Å². The summed E-state index contributed by atoms with van der Waals surface area (Å²) in [5.41, 5.74) is 16.7. The SMILES string of the molecule is c1ccc(N(c2ccc3cc4c(cc3c2)C2(c3ccccc3-c3ccccc32)c2cc(N(c3ccccc3)c3ccc5sc6ccccc6c5c3)c3ccccc3c2-4)c2ccc3sc4ccccc4c3c2)cc1. The van der Waals surface area contributed by atoms with Crippen LogP contribution < -0.4 is 9.80 Å². The first-order valence-electron chi connectivity index (χ1n) is 25.1. The van der Waals surface area contributed by atoms with Crippen molar-refractivity contribution < 1.29 is 0 Å². The first kappa shape index (κ1) is 40.9. The number of benzene rings is 12. The number of rotatable bonds is 6. The monoisotopic (exact) mass is 962 g/mol. The quantitative estimate of drug-likeness (QED) is 0.164.